The van der Waals surface area contributed by atoms with Gasteiger partial charge >= 0.3 is 0 Å². The number of hydrogen-bond donors (Lipinski definition) is 0. The first kappa shape index (κ1) is 15.0. The Labute approximate surface area is 131 Å². The fraction of sp³-hybridized carbons (Fsp3) is 0.389. The van der Waals surface area contributed by atoms with E-state index in [0.29, 0.717) is 0 Å². The van der Waals surface area contributed by atoms with Gasteiger partial charge < -0.3 is 9.47 Å². The maximum Gasteiger partial charge on any atom is 0.118 e. The van der Waals surface area contributed by atoms with Crippen LogP contribution < -0.4 is 4.74 Å². The van der Waals surface area contributed by atoms with Gasteiger partial charge in [-0.1, -0.05) is 18.2 Å². The Kier molecular flexibility index (Phi) is 5.03. The van der Waals surface area contributed by atoms with Gasteiger partial charge in [0.2, 0.25) is 0 Å². The van der Waals surface area contributed by atoms with E-state index in [1.807, 2.05) is 30.5 Å². The van der Waals surface area contributed by atoms with Crippen LogP contribution in [0.5, 0.6) is 5.75 Å². The molecule has 0 unspecified atom stereocenters. The molecule has 1 atom stereocenters. The highest BCUT2D eigenvalue weighted by atomic mass is 16.5. The number of ether oxygens (including phenoxy) is 2. The van der Waals surface area contributed by atoms with Crippen LogP contribution in [-0.2, 0) is 17.7 Å². The Morgan fingerprint density at radius 3 is 2.82 bits per heavy atom. The molecule has 0 N–H and O–H groups in total. The van der Waals surface area contributed by atoms with Crippen molar-refractivity contribution in [3.8, 4) is 5.75 Å². The Morgan fingerprint density at radius 2 is 2.09 bits per heavy atom. The lowest BCUT2D eigenvalue weighted by Gasteiger charge is -2.32. The van der Waals surface area contributed by atoms with Gasteiger partial charge in [-0.25, -0.2) is 0 Å². The van der Waals surface area contributed by atoms with Crippen LogP contribution in [0.15, 0.2) is 48.7 Å². The average molecular weight is 298 g/mol. The first-order chi connectivity index (χ1) is 10.8. The Balaban J connectivity index is 1.55. The van der Waals surface area contributed by atoms with E-state index in [9.17, 15) is 0 Å². The number of morpholine rings is 1. The summed E-state index contributed by atoms with van der Waals surface area (Å²) in [5, 5.41) is 0. The van der Waals surface area contributed by atoms with Crippen molar-refractivity contribution in [1.29, 1.82) is 0 Å². The number of pyridine rings is 1. The molecule has 0 saturated carbocycles. The summed E-state index contributed by atoms with van der Waals surface area (Å²) in [4.78, 5) is 6.82. The van der Waals surface area contributed by atoms with Gasteiger partial charge in [-0.05, 0) is 36.2 Å². The lowest BCUT2D eigenvalue weighted by molar-refractivity contribution is -0.0308. The summed E-state index contributed by atoms with van der Waals surface area (Å²) < 4.78 is 11.1. The zero-order chi connectivity index (χ0) is 15.2. The van der Waals surface area contributed by atoms with Crippen molar-refractivity contribution < 1.29 is 9.47 Å². The number of aromatic nitrogens is 1. The minimum atomic E-state index is 0.242. The molecule has 4 nitrogen and oxygen atoms in total. The Bertz CT molecular complexity index is 571. The highest BCUT2D eigenvalue weighted by Crippen LogP contribution is 2.16. The van der Waals surface area contributed by atoms with Gasteiger partial charge in [-0.15, -0.1) is 0 Å². The van der Waals surface area contributed by atoms with Crippen molar-refractivity contribution in [2.75, 3.05) is 26.8 Å². The molecule has 1 saturated heterocycles. The van der Waals surface area contributed by atoms with Crippen molar-refractivity contribution in [1.82, 2.24) is 9.88 Å². The van der Waals surface area contributed by atoms with Crippen molar-refractivity contribution in [2.45, 2.75) is 19.1 Å². The Hall–Kier alpha value is -1.91. The lowest BCUT2D eigenvalue weighted by Crippen LogP contribution is -2.42. The first-order valence-electron chi connectivity index (χ1n) is 7.70. The quantitative estimate of drug-likeness (QED) is 0.849. The lowest BCUT2D eigenvalue weighted by atomic mass is 10.1. The number of benzene rings is 1. The fourth-order valence-electron chi connectivity index (χ4n) is 2.79. The SMILES string of the molecule is COc1ccc(C[C@H]2CN(Cc3ccccn3)CCO2)cc1. The molecule has 3 rings (SSSR count). The first-order valence-corrected chi connectivity index (χ1v) is 7.70. The van der Waals surface area contributed by atoms with E-state index in [-0.39, 0.29) is 6.10 Å². The standard InChI is InChI=1S/C18H22N2O2/c1-21-17-7-5-15(6-8-17)12-18-14-20(10-11-22-18)13-16-4-2-3-9-19-16/h2-9,18H,10-14H2,1H3/t18-/m0/s1. The summed E-state index contributed by atoms with van der Waals surface area (Å²) >= 11 is 0. The molecule has 1 aliphatic heterocycles. The minimum absolute atomic E-state index is 0.242. The molecule has 0 amide bonds. The highest BCUT2D eigenvalue weighted by Gasteiger charge is 2.21. The van der Waals surface area contributed by atoms with Crippen LogP contribution >= 0.6 is 0 Å². The molecule has 116 valence electrons. The molecule has 1 aromatic carbocycles. The van der Waals surface area contributed by atoms with Crippen LogP contribution in [0.25, 0.3) is 0 Å². The zero-order valence-corrected chi connectivity index (χ0v) is 12.9. The van der Waals surface area contributed by atoms with E-state index in [1.165, 1.54) is 5.56 Å². The van der Waals surface area contributed by atoms with Crippen LogP contribution in [0.4, 0.5) is 0 Å². The van der Waals surface area contributed by atoms with Crippen molar-refractivity contribution in [2.24, 2.45) is 0 Å². The molecular formula is C18H22N2O2. The Morgan fingerprint density at radius 1 is 1.23 bits per heavy atom. The summed E-state index contributed by atoms with van der Waals surface area (Å²) in [5.74, 6) is 0.894. The normalized spacial score (nSPS) is 19.0. The molecule has 0 radical (unpaired) electrons. The van der Waals surface area contributed by atoms with E-state index in [0.717, 1.165) is 44.1 Å². The molecule has 0 aliphatic carbocycles. The summed E-state index contributed by atoms with van der Waals surface area (Å²) in [5.41, 5.74) is 2.40. The molecule has 1 aromatic heterocycles. The predicted molar refractivity (Wildman–Crippen MR) is 86.0 cm³/mol. The molecule has 22 heavy (non-hydrogen) atoms. The topological polar surface area (TPSA) is 34.6 Å². The monoisotopic (exact) mass is 298 g/mol. The van der Waals surface area contributed by atoms with Gasteiger partial charge in [0.15, 0.2) is 0 Å². The molecule has 4 heteroatoms. The van der Waals surface area contributed by atoms with Crippen molar-refractivity contribution in [3.05, 3.63) is 59.9 Å². The van der Waals surface area contributed by atoms with Gasteiger partial charge in [0.1, 0.15) is 5.75 Å². The number of methoxy groups -OCH3 is 1. The molecular weight excluding hydrogens is 276 g/mol. The predicted octanol–water partition coefficient (Wildman–Crippen LogP) is 2.53. The summed E-state index contributed by atoms with van der Waals surface area (Å²) in [6.45, 7) is 3.59. The van der Waals surface area contributed by atoms with E-state index >= 15 is 0 Å². The third kappa shape index (κ3) is 4.06. The van der Waals surface area contributed by atoms with E-state index < -0.39 is 0 Å². The smallest absolute Gasteiger partial charge is 0.118 e. The summed E-state index contributed by atoms with van der Waals surface area (Å²) in [6, 6.07) is 14.3. The van der Waals surface area contributed by atoms with Gasteiger partial charge in [0.05, 0.1) is 25.5 Å². The largest absolute Gasteiger partial charge is 0.497 e. The number of rotatable bonds is 5. The second kappa shape index (κ2) is 7.38. The molecule has 2 aromatic rings. The summed E-state index contributed by atoms with van der Waals surface area (Å²) in [6.07, 6.45) is 3.03. The van der Waals surface area contributed by atoms with Gasteiger partial charge in [-0.2, -0.15) is 0 Å². The van der Waals surface area contributed by atoms with Gasteiger partial charge in [0, 0.05) is 25.8 Å². The molecule has 1 aliphatic rings. The maximum atomic E-state index is 5.91. The van der Waals surface area contributed by atoms with Crippen LogP contribution in [0, 0.1) is 0 Å². The molecule has 1 fully saturated rings. The van der Waals surface area contributed by atoms with Crippen LogP contribution in [0.2, 0.25) is 0 Å². The number of nitrogens with zero attached hydrogens (tertiary/aromatic N) is 2. The molecule has 0 spiro atoms. The van der Waals surface area contributed by atoms with Gasteiger partial charge in [0.25, 0.3) is 0 Å². The maximum absolute atomic E-state index is 5.91. The number of hydrogen-bond acceptors (Lipinski definition) is 4. The third-order valence-electron chi connectivity index (χ3n) is 3.96. The fourth-order valence-corrected chi connectivity index (χ4v) is 2.79. The van der Waals surface area contributed by atoms with Crippen LogP contribution in [-0.4, -0.2) is 42.8 Å². The summed E-state index contributed by atoms with van der Waals surface area (Å²) in [7, 11) is 1.69. The highest BCUT2D eigenvalue weighted by molar-refractivity contribution is 5.27. The molecule has 2 heterocycles. The van der Waals surface area contributed by atoms with E-state index in [1.54, 1.807) is 7.11 Å². The third-order valence-corrected chi connectivity index (χ3v) is 3.96. The van der Waals surface area contributed by atoms with Crippen molar-refractivity contribution >= 4 is 0 Å². The van der Waals surface area contributed by atoms with E-state index in [2.05, 4.69) is 28.1 Å². The average Bonchev–Trinajstić information content (AvgIpc) is 2.57. The van der Waals surface area contributed by atoms with E-state index in [4.69, 9.17) is 9.47 Å². The zero-order valence-electron chi connectivity index (χ0n) is 12.9. The van der Waals surface area contributed by atoms with Crippen LogP contribution in [0.3, 0.4) is 0 Å². The molecule has 0 bridgehead atoms. The van der Waals surface area contributed by atoms with Crippen LogP contribution in [0.1, 0.15) is 11.3 Å². The second-order valence-corrected chi connectivity index (χ2v) is 5.60. The van der Waals surface area contributed by atoms with Crippen molar-refractivity contribution in [3.63, 3.8) is 0 Å². The van der Waals surface area contributed by atoms with Gasteiger partial charge in [-0.3, -0.25) is 9.88 Å². The minimum Gasteiger partial charge on any atom is -0.497 e. The second-order valence-electron chi connectivity index (χ2n) is 5.60.